The summed E-state index contributed by atoms with van der Waals surface area (Å²) in [6.45, 7) is 3.81. The summed E-state index contributed by atoms with van der Waals surface area (Å²) in [7, 11) is 1.86. The van der Waals surface area contributed by atoms with E-state index in [9.17, 15) is 4.79 Å². The lowest BCUT2D eigenvalue weighted by atomic mass is 10.3. The Hall–Kier alpha value is -1.83. The van der Waals surface area contributed by atoms with Gasteiger partial charge in [0.15, 0.2) is 0 Å². The van der Waals surface area contributed by atoms with Crippen LogP contribution in [0.1, 0.15) is 36.0 Å². The Morgan fingerprint density at radius 2 is 2.24 bits per heavy atom. The number of aryl methyl sites for hydroxylation is 2. The van der Waals surface area contributed by atoms with Crippen LogP contribution in [0.2, 0.25) is 0 Å². The molecule has 0 radical (unpaired) electrons. The van der Waals surface area contributed by atoms with Crippen LogP contribution < -0.4 is 5.32 Å². The molecule has 2 N–H and O–H groups in total. The second-order valence-corrected chi connectivity index (χ2v) is 6.23. The summed E-state index contributed by atoms with van der Waals surface area (Å²) in [5.74, 6) is 1.70. The number of thioether (sulfide) groups is 1. The van der Waals surface area contributed by atoms with E-state index in [2.05, 4.69) is 25.6 Å². The zero-order valence-electron chi connectivity index (χ0n) is 12.3. The molecule has 1 aliphatic carbocycles. The molecule has 21 heavy (non-hydrogen) atoms. The molecule has 7 nitrogen and oxygen atoms in total. The van der Waals surface area contributed by atoms with Crippen LogP contribution in [0.5, 0.6) is 0 Å². The van der Waals surface area contributed by atoms with Gasteiger partial charge in [-0.15, -0.1) is 5.10 Å². The number of aromatic amines is 1. The van der Waals surface area contributed by atoms with Crippen molar-refractivity contribution in [3.63, 3.8) is 0 Å². The van der Waals surface area contributed by atoms with Gasteiger partial charge < -0.3 is 5.32 Å². The third kappa shape index (κ3) is 3.10. The molecule has 1 amide bonds. The minimum Gasteiger partial charge on any atom is -0.322 e. The number of carbonyl (C=O) groups excluding carboxylic acids is 1. The van der Waals surface area contributed by atoms with E-state index in [1.807, 2.05) is 20.9 Å². The van der Waals surface area contributed by atoms with Crippen molar-refractivity contribution < 1.29 is 4.79 Å². The second kappa shape index (κ2) is 5.51. The number of hydrogen-bond acceptors (Lipinski definition) is 5. The summed E-state index contributed by atoms with van der Waals surface area (Å²) in [5, 5.41) is 14.9. The molecule has 0 aromatic carbocycles. The van der Waals surface area contributed by atoms with Gasteiger partial charge in [-0.2, -0.15) is 5.10 Å². The van der Waals surface area contributed by atoms with Gasteiger partial charge >= 0.3 is 0 Å². The molecule has 1 aliphatic rings. The first kappa shape index (κ1) is 14.1. The molecule has 112 valence electrons. The van der Waals surface area contributed by atoms with Gasteiger partial charge in [0.25, 0.3) is 0 Å². The molecule has 0 bridgehead atoms. The van der Waals surface area contributed by atoms with Crippen molar-refractivity contribution in [2.24, 2.45) is 7.05 Å². The molecule has 2 aromatic heterocycles. The maximum atomic E-state index is 12.0. The van der Waals surface area contributed by atoms with Crippen LogP contribution in [0.25, 0.3) is 0 Å². The zero-order chi connectivity index (χ0) is 15.0. The number of amides is 1. The number of nitrogens with one attached hydrogen (secondary N) is 2. The predicted octanol–water partition coefficient (Wildman–Crippen LogP) is 1.76. The van der Waals surface area contributed by atoms with Gasteiger partial charge in [0.1, 0.15) is 5.82 Å². The van der Waals surface area contributed by atoms with Gasteiger partial charge in [-0.05, 0) is 26.7 Å². The molecule has 0 spiro atoms. The number of aromatic nitrogens is 5. The minimum atomic E-state index is -0.0722. The lowest BCUT2D eigenvalue weighted by Crippen LogP contribution is -2.15. The average Bonchev–Trinajstić information content (AvgIpc) is 3.15. The summed E-state index contributed by atoms with van der Waals surface area (Å²) in [5.41, 5.74) is 2.55. The number of carbonyl (C=O) groups is 1. The van der Waals surface area contributed by atoms with E-state index in [1.54, 1.807) is 4.68 Å². The Kier molecular flexibility index (Phi) is 3.71. The normalized spacial score (nSPS) is 14.4. The van der Waals surface area contributed by atoms with E-state index in [4.69, 9.17) is 0 Å². The van der Waals surface area contributed by atoms with Crippen molar-refractivity contribution in [1.29, 1.82) is 0 Å². The fraction of sp³-hybridized carbons (Fsp3) is 0.538. The SMILES string of the molecule is Cc1nn(C)c(C)c1NC(=O)CSc1n[nH]c(C2CC2)n1. The maximum Gasteiger partial charge on any atom is 0.234 e. The van der Waals surface area contributed by atoms with Gasteiger partial charge in [0, 0.05) is 13.0 Å². The van der Waals surface area contributed by atoms with Crippen molar-refractivity contribution in [1.82, 2.24) is 25.0 Å². The Morgan fingerprint density at radius 3 is 2.86 bits per heavy atom. The van der Waals surface area contributed by atoms with Crippen molar-refractivity contribution in [3.8, 4) is 0 Å². The molecule has 8 heteroatoms. The molecule has 2 heterocycles. The third-order valence-corrected chi connectivity index (χ3v) is 4.40. The molecule has 3 rings (SSSR count). The van der Waals surface area contributed by atoms with Gasteiger partial charge in [0.05, 0.1) is 22.8 Å². The third-order valence-electron chi connectivity index (χ3n) is 3.55. The molecule has 2 aromatic rings. The van der Waals surface area contributed by atoms with Crippen LogP contribution in [0.15, 0.2) is 5.16 Å². The van der Waals surface area contributed by atoms with Crippen LogP contribution in [0.3, 0.4) is 0 Å². The molecule has 0 unspecified atom stereocenters. The summed E-state index contributed by atoms with van der Waals surface area (Å²) in [6, 6.07) is 0. The fourth-order valence-electron chi connectivity index (χ4n) is 2.12. The molecule has 0 saturated heterocycles. The Labute approximate surface area is 126 Å². The highest BCUT2D eigenvalue weighted by Crippen LogP contribution is 2.38. The zero-order valence-corrected chi connectivity index (χ0v) is 13.1. The Balaban J connectivity index is 1.56. The van der Waals surface area contributed by atoms with E-state index < -0.39 is 0 Å². The first-order chi connectivity index (χ1) is 10.0. The number of hydrogen-bond donors (Lipinski definition) is 2. The monoisotopic (exact) mass is 306 g/mol. The van der Waals surface area contributed by atoms with Crippen molar-refractivity contribution in [3.05, 3.63) is 17.2 Å². The standard InChI is InChI=1S/C13H18N6OS/c1-7-11(8(2)19(3)18-7)14-10(20)6-21-13-15-12(16-17-13)9-4-5-9/h9H,4-6H2,1-3H3,(H,14,20)(H,15,16,17). The van der Waals surface area contributed by atoms with Crippen LogP contribution in [0.4, 0.5) is 5.69 Å². The van der Waals surface area contributed by atoms with E-state index in [0.717, 1.165) is 22.9 Å². The van der Waals surface area contributed by atoms with Crippen molar-refractivity contribution >= 4 is 23.4 Å². The largest absolute Gasteiger partial charge is 0.322 e. The van der Waals surface area contributed by atoms with E-state index in [-0.39, 0.29) is 11.7 Å². The molecular weight excluding hydrogens is 288 g/mol. The highest BCUT2D eigenvalue weighted by Gasteiger charge is 2.27. The molecule has 1 saturated carbocycles. The van der Waals surface area contributed by atoms with Gasteiger partial charge in [0.2, 0.25) is 11.1 Å². The van der Waals surface area contributed by atoms with Crippen molar-refractivity contribution in [2.75, 3.05) is 11.1 Å². The summed E-state index contributed by atoms with van der Waals surface area (Å²) >= 11 is 1.34. The van der Waals surface area contributed by atoms with Gasteiger partial charge in [-0.1, -0.05) is 11.8 Å². The number of anilines is 1. The smallest absolute Gasteiger partial charge is 0.234 e. The van der Waals surface area contributed by atoms with E-state index >= 15 is 0 Å². The molecule has 1 fully saturated rings. The van der Waals surface area contributed by atoms with Crippen LogP contribution >= 0.6 is 11.8 Å². The lowest BCUT2D eigenvalue weighted by molar-refractivity contribution is -0.113. The summed E-state index contributed by atoms with van der Waals surface area (Å²) in [4.78, 5) is 16.4. The summed E-state index contributed by atoms with van der Waals surface area (Å²) < 4.78 is 1.76. The maximum absolute atomic E-state index is 12.0. The van der Waals surface area contributed by atoms with Crippen LogP contribution in [-0.2, 0) is 11.8 Å². The number of nitrogens with zero attached hydrogens (tertiary/aromatic N) is 4. The fourth-order valence-corrected chi connectivity index (χ4v) is 2.73. The summed E-state index contributed by atoms with van der Waals surface area (Å²) in [6.07, 6.45) is 2.36. The van der Waals surface area contributed by atoms with Crippen LogP contribution in [-0.4, -0.2) is 36.6 Å². The van der Waals surface area contributed by atoms with Crippen LogP contribution in [0, 0.1) is 13.8 Å². The number of H-pyrrole nitrogens is 1. The Morgan fingerprint density at radius 1 is 1.48 bits per heavy atom. The highest BCUT2D eigenvalue weighted by molar-refractivity contribution is 7.99. The minimum absolute atomic E-state index is 0.0722. The predicted molar refractivity (Wildman–Crippen MR) is 80.4 cm³/mol. The van der Waals surface area contributed by atoms with Gasteiger partial charge in [-0.3, -0.25) is 14.6 Å². The quantitative estimate of drug-likeness (QED) is 0.822. The molecule has 0 atom stereocenters. The number of rotatable bonds is 5. The topological polar surface area (TPSA) is 88.5 Å². The van der Waals surface area contributed by atoms with Gasteiger partial charge in [-0.25, -0.2) is 4.98 Å². The van der Waals surface area contributed by atoms with E-state index in [1.165, 1.54) is 24.6 Å². The highest BCUT2D eigenvalue weighted by atomic mass is 32.2. The first-order valence-electron chi connectivity index (χ1n) is 6.89. The lowest BCUT2D eigenvalue weighted by Gasteiger charge is -2.04. The van der Waals surface area contributed by atoms with Crippen molar-refractivity contribution in [2.45, 2.75) is 37.8 Å². The van der Waals surface area contributed by atoms with E-state index in [0.29, 0.717) is 11.1 Å². The average molecular weight is 306 g/mol. The Bertz CT molecular complexity index is 672. The first-order valence-corrected chi connectivity index (χ1v) is 7.88. The molecule has 0 aliphatic heterocycles. The molecular formula is C13H18N6OS. The second-order valence-electron chi connectivity index (χ2n) is 5.28.